The SMILES string of the molecule is C=CC(C=C)OCCCC#CC(=O)OCC. The fourth-order valence-corrected chi connectivity index (χ4v) is 0.914. The second-order valence-electron chi connectivity index (χ2n) is 2.93. The van der Waals surface area contributed by atoms with Crippen molar-refractivity contribution in [3.63, 3.8) is 0 Å². The average Bonchev–Trinajstić information content (AvgIpc) is 2.29. The third kappa shape index (κ3) is 7.84. The number of carbonyl (C=O) groups excluding carboxylic acids is 1. The van der Waals surface area contributed by atoms with Crippen molar-refractivity contribution in [3.05, 3.63) is 25.3 Å². The van der Waals surface area contributed by atoms with E-state index in [0.29, 0.717) is 19.6 Å². The van der Waals surface area contributed by atoms with Gasteiger partial charge in [-0.25, -0.2) is 4.79 Å². The summed E-state index contributed by atoms with van der Waals surface area (Å²) in [6.07, 6.45) is 4.62. The molecule has 0 fully saturated rings. The summed E-state index contributed by atoms with van der Waals surface area (Å²) in [6.45, 7) is 9.89. The van der Waals surface area contributed by atoms with Crippen LogP contribution in [0.5, 0.6) is 0 Å². The lowest BCUT2D eigenvalue weighted by atomic mass is 10.3. The van der Waals surface area contributed by atoms with Gasteiger partial charge in [-0.2, -0.15) is 0 Å². The normalized spacial score (nSPS) is 9.12. The fraction of sp³-hybridized carbons (Fsp3) is 0.462. The number of carbonyl (C=O) groups is 1. The molecule has 0 spiro atoms. The molecular weight excluding hydrogens is 204 g/mol. The van der Waals surface area contributed by atoms with Gasteiger partial charge in [-0.1, -0.05) is 18.1 Å². The molecule has 0 amide bonds. The van der Waals surface area contributed by atoms with Crippen LogP contribution in [0, 0.1) is 11.8 Å². The number of ether oxygens (including phenoxy) is 2. The van der Waals surface area contributed by atoms with Gasteiger partial charge in [0.05, 0.1) is 12.7 Å². The molecular formula is C13H18O3. The van der Waals surface area contributed by atoms with Crippen molar-refractivity contribution < 1.29 is 14.3 Å². The van der Waals surface area contributed by atoms with E-state index in [-0.39, 0.29) is 6.10 Å². The van der Waals surface area contributed by atoms with Crippen molar-refractivity contribution in [2.75, 3.05) is 13.2 Å². The van der Waals surface area contributed by atoms with E-state index < -0.39 is 5.97 Å². The van der Waals surface area contributed by atoms with E-state index in [0.717, 1.165) is 6.42 Å². The zero-order valence-electron chi connectivity index (χ0n) is 9.70. The average molecular weight is 222 g/mol. The molecule has 0 heterocycles. The Morgan fingerprint density at radius 3 is 2.69 bits per heavy atom. The van der Waals surface area contributed by atoms with Crippen LogP contribution >= 0.6 is 0 Å². The third-order valence-corrected chi connectivity index (χ3v) is 1.69. The van der Waals surface area contributed by atoms with Crippen LogP contribution in [0.3, 0.4) is 0 Å². The molecule has 0 saturated carbocycles. The van der Waals surface area contributed by atoms with E-state index >= 15 is 0 Å². The monoisotopic (exact) mass is 222 g/mol. The summed E-state index contributed by atoms with van der Waals surface area (Å²) < 4.78 is 10.0. The third-order valence-electron chi connectivity index (χ3n) is 1.69. The number of hydrogen-bond donors (Lipinski definition) is 0. The van der Waals surface area contributed by atoms with E-state index in [2.05, 4.69) is 29.7 Å². The molecule has 0 aliphatic rings. The minimum Gasteiger partial charge on any atom is -0.456 e. The molecule has 0 aliphatic heterocycles. The first-order chi connectivity index (χ1) is 7.74. The van der Waals surface area contributed by atoms with Crippen LogP contribution in [0.1, 0.15) is 19.8 Å². The molecule has 88 valence electrons. The fourth-order valence-electron chi connectivity index (χ4n) is 0.914. The van der Waals surface area contributed by atoms with E-state index in [1.54, 1.807) is 19.1 Å². The van der Waals surface area contributed by atoms with Gasteiger partial charge in [0.1, 0.15) is 0 Å². The highest BCUT2D eigenvalue weighted by atomic mass is 16.5. The standard InChI is InChI=1S/C13H18O3/c1-4-12(5-2)16-11-9-7-8-10-13(14)15-6-3/h4-5,12H,1-2,6-7,9,11H2,3H3. The van der Waals surface area contributed by atoms with Crippen molar-refractivity contribution in [1.82, 2.24) is 0 Å². The van der Waals surface area contributed by atoms with Crippen molar-refractivity contribution in [2.24, 2.45) is 0 Å². The van der Waals surface area contributed by atoms with Gasteiger partial charge in [-0.3, -0.25) is 0 Å². The molecule has 0 N–H and O–H groups in total. The molecule has 0 aromatic carbocycles. The summed E-state index contributed by atoms with van der Waals surface area (Å²) in [4.78, 5) is 10.8. The minimum atomic E-state index is -0.474. The quantitative estimate of drug-likeness (QED) is 0.217. The van der Waals surface area contributed by atoms with Gasteiger partial charge in [0.25, 0.3) is 0 Å². The molecule has 3 nitrogen and oxygen atoms in total. The number of unbranched alkanes of at least 4 members (excludes halogenated alkanes) is 1. The van der Waals surface area contributed by atoms with Crippen molar-refractivity contribution in [2.45, 2.75) is 25.9 Å². The lowest BCUT2D eigenvalue weighted by Gasteiger charge is -2.07. The maximum atomic E-state index is 10.8. The number of hydrogen-bond acceptors (Lipinski definition) is 3. The van der Waals surface area contributed by atoms with E-state index in [1.165, 1.54) is 0 Å². The van der Waals surface area contributed by atoms with Crippen LogP contribution in [0.15, 0.2) is 25.3 Å². The Hall–Kier alpha value is -1.53. The summed E-state index contributed by atoms with van der Waals surface area (Å²) >= 11 is 0. The van der Waals surface area contributed by atoms with E-state index in [9.17, 15) is 4.79 Å². The van der Waals surface area contributed by atoms with Gasteiger partial charge in [0.2, 0.25) is 0 Å². The van der Waals surface area contributed by atoms with Crippen LogP contribution in [0.25, 0.3) is 0 Å². The summed E-state index contributed by atoms with van der Waals surface area (Å²) in [5, 5.41) is 0. The van der Waals surface area contributed by atoms with Crippen LogP contribution < -0.4 is 0 Å². The summed E-state index contributed by atoms with van der Waals surface area (Å²) in [6, 6.07) is 0. The highest BCUT2D eigenvalue weighted by Crippen LogP contribution is 1.97. The molecule has 0 aliphatic carbocycles. The second-order valence-corrected chi connectivity index (χ2v) is 2.93. The van der Waals surface area contributed by atoms with Crippen molar-refractivity contribution >= 4 is 5.97 Å². The lowest BCUT2D eigenvalue weighted by molar-refractivity contribution is -0.136. The van der Waals surface area contributed by atoms with Crippen LogP contribution in [0.4, 0.5) is 0 Å². The molecule has 0 atom stereocenters. The van der Waals surface area contributed by atoms with Crippen molar-refractivity contribution in [3.8, 4) is 11.8 Å². The Morgan fingerprint density at radius 1 is 1.44 bits per heavy atom. The van der Waals surface area contributed by atoms with Gasteiger partial charge in [0.15, 0.2) is 0 Å². The van der Waals surface area contributed by atoms with Gasteiger partial charge < -0.3 is 9.47 Å². The summed E-state index contributed by atoms with van der Waals surface area (Å²) in [7, 11) is 0. The Bertz CT molecular complexity index is 275. The van der Waals surface area contributed by atoms with Crippen LogP contribution in [0.2, 0.25) is 0 Å². The Morgan fingerprint density at radius 2 is 2.12 bits per heavy atom. The maximum Gasteiger partial charge on any atom is 0.384 e. The first-order valence-electron chi connectivity index (χ1n) is 5.27. The van der Waals surface area contributed by atoms with E-state index in [4.69, 9.17) is 4.74 Å². The first kappa shape index (κ1) is 14.5. The largest absolute Gasteiger partial charge is 0.456 e. The summed E-state index contributed by atoms with van der Waals surface area (Å²) in [5.74, 6) is 4.64. The number of esters is 1. The molecule has 0 rings (SSSR count). The molecule has 0 unspecified atom stereocenters. The zero-order valence-corrected chi connectivity index (χ0v) is 9.70. The Kier molecular flexibility index (Phi) is 9.05. The van der Waals surface area contributed by atoms with Gasteiger partial charge in [-0.15, -0.1) is 13.2 Å². The molecule has 0 saturated heterocycles. The Labute approximate surface area is 97.1 Å². The van der Waals surface area contributed by atoms with Crippen molar-refractivity contribution in [1.29, 1.82) is 0 Å². The maximum absolute atomic E-state index is 10.8. The predicted molar refractivity (Wildman–Crippen MR) is 63.8 cm³/mol. The first-order valence-corrected chi connectivity index (χ1v) is 5.27. The topological polar surface area (TPSA) is 35.5 Å². The molecule has 0 aromatic rings. The number of rotatable bonds is 7. The Balaban J connectivity index is 3.56. The summed E-state index contributed by atoms with van der Waals surface area (Å²) in [5.41, 5.74) is 0. The second kappa shape index (κ2) is 10.0. The highest BCUT2D eigenvalue weighted by Gasteiger charge is 1.96. The lowest BCUT2D eigenvalue weighted by Crippen LogP contribution is -2.06. The minimum absolute atomic E-state index is 0.113. The zero-order chi connectivity index (χ0) is 12.2. The van der Waals surface area contributed by atoms with Crippen LogP contribution in [-0.4, -0.2) is 25.3 Å². The van der Waals surface area contributed by atoms with E-state index in [1.807, 2.05) is 0 Å². The molecule has 0 bridgehead atoms. The molecule has 0 aromatic heterocycles. The molecule has 16 heavy (non-hydrogen) atoms. The molecule has 3 heteroatoms. The van der Waals surface area contributed by atoms with Crippen LogP contribution in [-0.2, 0) is 14.3 Å². The highest BCUT2D eigenvalue weighted by molar-refractivity contribution is 5.88. The smallest absolute Gasteiger partial charge is 0.384 e. The van der Waals surface area contributed by atoms with Gasteiger partial charge in [-0.05, 0) is 13.3 Å². The predicted octanol–water partition coefficient (Wildman–Crippen LogP) is 2.09. The van der Waals surface area contributed by atoms with Gasteiger partial charge >= 0.3 is 5.97 Å². The molecule has 0 radical (unpaired) electrons. The van der Waals surface area contributed by atoms with Gasteiger partial charge in [0, 0.05) is 18.9 Å².